The molecule has 1 aromatic carbocycles. The highest BCUT2D eigenvalue weighted by molar-refractivity contribution is 9.09. The Morgan fingerprint density at radius 2 is 2.06 bits per heavy atom. The summed E-state index contributed by atoms with van der Waals surface area (Å²) in [5.74, 6) is -0.565. The number of ketones is 1. The minimum Gasteiger partial charge on any atom is -0.487 e. The lowest BCUT2D eigenvalue weighted by atomic mass is 10.1. The van der Waals surface area contributed by atoms with Crippen LogP contribution in [-0.2, 0) is 0 Å². The van der Waals surface area contributed by atoms with E-state index in [9.17, 15) is 9.18 Å². The molecule has 0 bridgehead atoms. The van der Waals surface area contributed by atoms with Gasteiger partial charge in [0.05, 0.1) is 12.0 Å². The van der Waals surface area contributed by atoms with Crippen molar-refractivity contribution < 1.29 is 13.9 Å². The molecule has 18 heavy (non-hydrogen) atoms. The molecule has 0 amide bonds. The van der Waals surface area contributed by atoms with E-state index in [1.807, 2.05) is 0 Å². The molecule has 0 aliphatic heterocycles. The van der Waals surface area contributed by atoms with Crippen molar-refractivity contribution in [2.75, 3.05) is 7.11 Å². The first-order chi connectivity index (χ1) is 8.63. The van der Waals surface area contributed by atoms with Gasteiger partial charge < -0.3 is 4.74 Å². The summed E-state index contributed by atoms with van der Waals surface area (Å²) in [6.45, 7) is 0. The summed E-state index contributed by atoms with van der Waals surface area (Å²) in [5.41, 5.74) is 0.342. The fourth-order valence-corrected chi connectivity index (χ4v) is 3.07. The number of halogens is 2. The zero-order valence-electron chi connectivity index (χ0n) is 9.52. The van der Waals surface area contributed by atoms with Gasteiger partial charge in [0.1, 0.15) is 10.6 Å². The molecule has 0 radical (unpaired) electrons. The maximum Gasteiger partial charge on any atom is 0.191 e. The predicted octanol–water partition coefficient (Wildman–Crippen LogP) is 4.21. The maximum absolute atomic E-state index is 13.6. The van der Waals surface area contributed by atoms with Gasteiger partial charge in [-0.2, -0.15) is 0 Å². The van der Waals surface area contributed by atoms with E-state index < -0.39 is 10.6 Å². The number of carbonyl (C=O) groups is 1. The molecule has 0 fully saturated rings. The van der Waals surface area contributed by atoms with Gasteiger partial charge >= 0.3 is 0 Å². The third kappa shape index (κ3) is 2.62. The van der Waals surface area contributed by atoms with Gasteiger partial charge in [-0.25, -0.2) is 4.39 Å². The molecule has 0 saturated carbocycles. The number of Topliss-reactive ketones (excluding diaryl/α,β-unsaturated/α-hetero) is 1. The molecule has 0 N–H and O–H groups in total. The van der Waals surface area contributed by atoms with Gasteiger partial charge in [-0.3, -0.25) is 4.79 Å². The Morgan fingerprint density at radius 3 is 2.67 bits per heavy atom. The van der Waals surface area contributed by atoms with E-state index in [1.54, 1.807) is 37.4 Å². The van der Waals surface area contributed by atoms with Crippen LogP contribution < -0.4 is 4.74 Å². The highest BCUT2D eigenvalue weighted by Gasteiger charge is 2.23. The lowest BCUT2D eigenvalue weighted by Gasteiger charge is -2.08. The molecular formula is C13H10BrFO2S. The molecule has 0 saturated heterocycles. The summed E-state index contributed by atoms with van der Waals surface area (Å²) >= 11 is 4.49. The molecule has 2 rings (SSSR count). The molecule has 0 aliphatic rings. The first-order valence-electron chi connectivity index (χ1n) is 5.20. The topological polar surface area (TPSA) is 26.3 Å². The van der Waals surface area contributed by atoms with Gasteiger partial charge in [0, 0.05) is 5.56 Å². The SMILES string of the molecule is COc1ccc(C(=O)C(Br)c2ccccc2F)s1. The van der Waals surface area contributed by atoms with Crippen LogP contribution in [0.2, 0.25) is 0 Å². The van der Waals surface area contributed by atoms with Crippen molar-refractivity contribution in [3.8, 4) is 5.06 Å². The highest BCUT2D eigenvalue weighted by Crippen LogP contribution is 2.33. The second-order valence-electron chi connectivity index (χ2n) is 3.57. The van der Waals surface area contributed by atoms with Crippen molar-refractivity contribution in [2.24, 2.45) is 0 Å². The second-order valence-corrected chi connectivity index (χ2v) is 5.53. The van der Waals surface area contributed by atoms with Gasteiger partial charge in [-0.15, -0.1) is 0 Å². The number of hydrogen-bond donors (Lipinski definition) is 0. The summed E-state index contributed by atoms with van der Waals surface area (Å²) in [6, 6.07) is 9.63. The van der Waals surface area contributed by atoms with Crippen molar-refractivity contribution in [3.05, 3.63) is 52.7 Å². The molecule has 5 heteroatoms. The van der Waals surface area contributed by atoms with Crippen molar-refractivity contribution in [1.82, 2.24) is 0 Å². The number of alkyl halides is 1. The van der Waals surface area contributed by atoms with E-state index in [4.69, 9.17) is 4.74 Å². The molecule has 2 aromatic rings. The molecule has 2 nitrogen and oxygen atoms in total. The van der Waals surface area contributed by atoms with Crippen molar-refractivity contribution in [1.29, 1.82) is 0 Å². The van der Waals surface area contributed by atoms with Crippen LogP contribution in [0.1, 0.15) is 20.1 Å². The lowest BCUT2D eigenvalue weighted by molar-refractivity contribution is 0.0994. The summed E-state index contributed by atoms with van der Waals surface area (Å²) in [4.78, 5) is 12.0. The van der Waals surface area contributed by atoms with Crippen LogP contribution >= 0.6 is 27.3 Å². The molecule has 1 heterocycles. The lowest BCUT2D eigenvalue weighted by Crippen LogP contribution is -2.06. The molecule has 1 atom stereocenters. The van der Waals surface area contributed by atoms with Crippen LogP contribution in [0.25, 0.3) is 0 Å². The Morgan fingerprint density at radius 1 is 1.33 bits per heavy atom. The Bertz CT molecular complexity index is 568. The van der Waals surface area contributed by atoms with E-state index in [1.165, 1.54) is 17.4 Å². The average molecular weight is 329 g/mol. The van der Waals surface area contributed by atoms with Crippen LogP contribution in [-0.4, -0.2) is 12.9 Å². The molecule has 1 aromatic heterocycles. The number of methoxy groups -OCH3 is 1. The van der Waals surface area contributed by atoms with E-state index >= 15 is 0 Å². The van der Waals surface area contributed by atoms with Crippen LogP contribution in [0.3, 0.4) is 0 Å². The van der Waals surface area contributed by atoms with Gasteiger partial charge in [0.15, 0.2) is 10.8 Å². The maximum atomic E-state index is 13.6. The number of hydrogen-bond acceptors (Lipinski definition) is 3. The fraction of sp³-hybridized carbons (Fsp3) is 0.154. The largest absolute Gasteiger partial charge is 0.487 e. The average Bonchev–Trinajstić information content (AvgIpc) is 2.86. The summed E-state index contributed by atoms with van der Waals surface area (Å²) < 4.78 is 18.6. The van der Waals surface area contributed by atoms with Crippen molar-refractivity contribution >= 4 is 33.0 Å². The van der Waals surface area contributed by atoms with E-state index in [0.717, 1.165) is 0 Å². The van der Waals surface area contributed by atoms with Gasteiger partial charge in [0.25, 0.3) is 0 Å². The third-order valence-corrected chi connectivity index (χ3v) is 4.40. The third-order valence-electron chi connectivity index (χ3n) is 2.43. The van der Waals surface area contributed by atoms with Crippen molar-refractivity contribution in [3.63, 3.8) is 0 Å². The monoisotopic (exact) mass is 328 g/mol. The van der Waals surface area contributed by atoms with Gasteiger partial charge in [0.2, 0.25) is 0 Å². The number of ether oxygens (including phenoxy) is 1. The van der Waals surface area contributed by atoms with Gasteiger partial charge in [-0.05, 0) is 18.2 Å². The van der Waals surface area contributed by atoms with Crippen LogP contribution in [0.5, 0.6) is 5.06 Å². The number of rotatable bonds is 4. The Kier molecular flexibility index (Phi) is 4.14. The molecule has 0 spiro atoms. The summed E-state index contributed by atoms with van der Waals surface area (Å²) in [6.07, 6.45) is 0. The minimum atomic E-state index is -0.679. The predicted molar refractivity (Wildman–Crippen MR) is 73.3 cm³/mol. The smallest absolute Gasteiger partial charge is 0.191 e. The second kappa shape index (κ2) is 5.63. The Balaban J connectivity index is 2.26. The number of benzene rings is 1. The molecule has 94 valence electrons. The fourth-order valence-electron chi connectivity index (χ4n) is 1.51. The first-order valence-corrected chi connectivity index (χ1v) is 6.93. The van der Waals surface area contributed by atoms with E-state index in [2.05, 4.69) is 15.9 Å². The molecular weight excluding hydrogens is 319 g/mol. The molecule has 1 unspecified atom stereocenters. The zero-order chi connectivity index (χ0) is 13.1. The normalized spacial score (nSPS) is 12.2. The highest BCUT2D eigenvalue weighted by atomic mass is 79.9. The first kappa shape index (κ1) is 13.2. The number of thiophene rings is 1. The summed E-state index contributed by atoms with van der Waals surface area (Å²) in [5, 5.41) is 0.659. The minimum absolute atomic E-state index is 0.173. The Labute approximate surface area is 117 Å². The summed E-state index contributed by atoms with van der Waals surface area (Å²) in [7, 11) is 1.54. The standard InChI is InChI=1S/C13H10BrFO2S/c1-17-11-7-6-10(18-11)13(16)12(14)8-4-2-3-5-9(8)15/h2-7,12H,1H3. The van der Waals surface area contributed by atoms with E-state index in [0.29, 0.717) is 15.5 Å². The van der Waals surface area contributed by atoms with Crippen LogP contribution in [0, 0.1) is 5.82 Å². The van der Waals surface area contributed by atoms with Crippen molar-refractivity contribution in [2.45, 2.75) is 4.83 Å². The van der Waals surface area contributed by atoms with E-state index in [-0.39, 0.29) is 5.78 Å². The Hall–Kier alpha value is -1.20. The number of carbonyl (C=O) groups excluding carboxylic acids is 1. The van der Waals surface area contributed by atoms with Gasteiger partial charge in [-0.1, -0.05) is 45.5 Å². The van der Waals surface area contributed by atoms with Crippen LogP contribution in [0.15, 0.2) is 36.4 Å². The van der Waals surface area contributed by atoms with Crippen LogP contribution in [0.4, 0.5) is 4.39 Å². The zero-order valence-corrected chi connectivity index (χ0v) is 11.9. The molecule has 0 aliphatic carbocycles. The quantitative estimate of drug-likeness (QED) is 0.620.